The van der Waals surface area contributed by atoms with Gasteiger partial charge in [0.1, 0.15) is 5.82 Å². The number of benzene rings is 1. The second kappa shape index (κ2) is 4.32. The Morgan fingerprint density at radius 3 is 2.94 bits per heavy atom. The SMILES string of the molecule is COC(=O)c1ccc(F)c2cc(I)cnc12. The van der Waals surface area contributed by atoms with Crippen molar-refractivity contribution in [1.82, 2.24) is 4.98 Å². The molecule has 0 saturated carbocycles. The van der Waals surface area contributed by atoms with Gasteiger partial charge in [0.2, 0.25) is 0 Å². The number of rotatable bonds is 1. The van der Waals surface area contributed by atoms with E-state index in [-0.39, 0.29) is 5.56 Å². The molecule has 0 atom stereocenters. The number of ether oxygens (including phenoxy) is 1. The largest absolute Gasteiger partial charge is 0.465 e. The second-order valence-corrected chi connectivity index (χ2v) is 4.38. The molecule has 0 fully saturated rings. The Kier molecular flexibility index (Phi) is 3.04. The fourth-order valence-electron chi connectivity index (χ4n) is 1.44. The highest BCUT2D eigenvalue weighted by molar-refractivity contribution is 14.1. The minimum atomic E-state index is -0.515. The van der Waals surface area contributed by atoms with E-state index in [0.29, 0.717) is 10.9 Å². The summed E-state index contributed by atoms with van der Waals surface area (Å²) >= 11 is 2.04. The fraction of sp³-hybridized carbons (Fsp3) is 0.0909. The monoisotopic (exact) mass is 331 g/mol. The van der Waals surface area contributed by atoms with E-state index in [1.165, 1.54) is 19.2 Å². The summed E-state index contributed by atoms with van der Waals surface area (Å²) in [5, 5.41) is 0.329. The molecule has 5 heteroatoms. The zero-order valence-corrected chi connectivity index (χ0v) is 10.5. The van der Waals surface area contributed by atoms with E-state index in [4.69, 9.17) is 0 Å². The minimum Gasteiger partial charge on any atom is -0.465 e. The predicted molar refractivity (Wildman–Crippen MR) is 65.8 cm³/mol. The molecule has 1 heterocycles. The van der Waals surface area contributed by atoms with Crippen molar-refractivity contribution in [2.75, 3.05) is 7.11 Å². The maximum atomic E-state index is 13.5. The van der Waals surface area contributed by atoms with Crippen molar-refractivity contribution in [2.45, 2.75) is 0 Å². The van der Waals surface area contributed by atoms with E-state index < -0.39 is 11.8 Å². The molecule has 0 aliphatic rings. The lowest BCUT2D eigenvalue weighted by atomic mass is 10.1. The summed E-state index contributed by atoms with van der Waals surface area (Å²) in [6, 6.07) is 4.26. The van der Waals surface area contributed by atoms with Crippen LogP contribution in [0.5, 0.6) is 0 Å². The average molecular weight is 331 g/mol. The number of hydrogen-bond acceptors (Lipinski definition) is 3. The highest BCUT2D eigenvalue weighted by Crippen LogP contribution is 2.22. The number of nitrogens with zero attached hydrogens (tertiary/aromatic N) is 1. The van der Waals surface area contributed by atoms with E-state index in [1.807, 2.05) is 22.6 Å². The zero-order valence-electron chi connectivity index (χ0n) is 8.33. The molecule has 16 heavy (non-hydrogen) atoms. The second-order valence-electron chi connectivity index (χ2n) is 3.14. The van der Waals surface area contributed by atoms with Gasteiger partial charge in [-0.2, -0.15) is 0 Å². The molecule has 1 aromatic heterocycles. The molecule has 2 aromatic rings. The van der Waals surface area contributed by atoms with Crippen LogP contribution in [0.4, 0.5) is 4.39 Å². The van der Waals surface area contributed by atoms with Gasteiger partial charge in [0, 0.05) is 15.2 Å². The smallest absolute Gasteiger partial charge is 0.340 e. The van der Waals surface area contributed by atoms with Gasteiger partial charge in [-0.05, 0) is 40.8 Å². The number of carbonyl (C=O) groups excluding carboxylic acids is 1. The third kappa shape index (κ3) is 1.87. The first-order chi connectivity index (χ1) is 7.63. The number of pyridine rings is 1. The molecule has 0 amide bonds. The standard InChI is InChI=1S/C11H7FINO2/c1-16-11(15)7-2-3-9(12)8-4-6(13)5-14-10(7)8/h2-5H,1H3. The Morgan fingerprint density at radius 2 is 2.25 bits per heavy atom. The molecule has 0 radical (unpaired) electrons. The quantitative estimate of drug-likeness (QED) is 0.596. The Morgan fingerprint density at radius 1 is 1.50 bits per heavy atom. The summed E-state index contributed by atoms with van der Waals surface area (Å²) in [5.74, 6) is -0.910. The Balaban J connectivity index is 2.79. The topological polar surface area (TPSA) is 39.2 Å². The number of aromatic nitrogens is 1. The number of hydrogen-bond donors (Lipinski definition) is 0. The first-order valence-corrected chi connectivity index (χ1v) is 5.53. The number of halogens is 2. The molecule has 0 spiro atoms. The lowest BCUT2D eigenvalue weighted by Gasteiger charge is -2.05. The van der Waals surface area contributed by atoms with Gasteiger partial charge in [0.15, 0.2) is 0 Å². The minimum absolute atomic E-state index is 0.273. The molecular formula is C11H7FINO2. The van der Waals surface area contributed by atoms with Gasteiger partial charge in [-0.15, -0.1) is 0 Å². The van der Waals surface area contributed by atoms with E-state index in [0.717, 1.165) is 3.57 Å². The summed E-state index contributed by atoms with van der Waals surface area (Å²) in [5.41, 5.74) is 0.600. The molecule has 0 aliphatic carbocycles. The third-order valence-corrected chi connectivity index (χ3v) is 2.76. The summed E-state index contributed by atoms with van der Waals surface area (Å²) in [6.45, 7) is 0. The molecule has 1 aromatic carbocycles. The van der Waals surface area contributed by atoms with E-state index >= 15 is 0 Å². The summed E-state index contributed by atoms with van der Waals surface area (Å²) in [6.07, 6.45) is 1.58. The lowest BCUT2D eigenvalue weighted by Crippen LogP contribution is -2.03. The fourth-order valence-corrected chi connectivity index (χ4v) is 1.89. The first kappa shape index (κ1) is 11.3. The Labute approximate surface area is 105 Å². The number of carbonyl (C=O) groups is 1. The Hall–Kier alpha value is -1.24. The van der Waals surface area contributed by atoms with Gasteiger partial charge < -0.3 is 4.74 Å². The first-order valence-electron chi connectivity index (χ1n) is 4.45. The van der Waals surface area contributed by atoms with Gasteiger partial charge in [-0.3, -0.25) is 4.98 Å². The van der Waals surface area contributed by atoms with Gasteiger partial charge >= 0.3 is 5.97 Å². The molecule has 0 saturated heterocycles. The van der Waals surface area contributed by atoms with Crippen LogP contribution in [0.1, 0.15) is 10.4 Å². The third-order valence-electron chi connectivity index (χ3n) is 2.17. The van der Waals surface area contributed by atoms with Crippen LogP contribution in [0, 0.1) is 9.39 Å². The van der Waals surface area contributed by atoms with E-state index in [2.05, 4.69) is 9.72 Å². The van der Waals surface area contributed by atoms with E-state index in [1.54, 1.807) is 12.3 Å². The lowest BCUT2D eigenvalue weighted by molar-refractivity contribution is 0.0602. The van der Waals surface area contributed by atoms with Crippen LogP contribution in [0.25, 0.3) is 10.9 Å². The number of esters is 1. The van der Waals surface area contributed by atoms with Crippen molar-refractivity contribution >= 4 is 39.5 Å². The molecule has 0 unspecified atom stereocenters. The molecular weight excluding hydrogens is 324 g/mol. The van der Waals surface area contributed by atoms with Crippen LogP contribution in [0.3, 0.4) is 0 Å². The van der Waals surface area contributed by atoms with E-state index in [9.17, 15) is 9.18 Å². The molecule has 82 valence electrons. The van der Waals surface area contributed by atoms with Crippen LogP contribution in [0.2, 0.25) is 0 Å². The highest BCUT2D eigenvalue weighted by Gasteiger charge is 2.14. The van der Waals surface area contributed by atoms with Crippen LogP contribution >= 0.6 is 22.6 Å². The Bertz CT molecular complexity index is 571. The molecule has 3 nitrogen and oxygen atoms in total. The van der Waals surface area contributed by atoms with Crippen molar-refractivity contribution < 1.29 is 13.9 Å². The summed E-state index contributed by atoms with van der Waals surface area (Å²) < 4.78 is 18.9. The van der Waals surface area contributed by atoms with Crippen molar-refractivity contribution in [3.63, 3.8) is 0 Å². The van der Waals surface area contributed by atoms with Crippen molar-refractivity contribution in [3.8, 4) is 0 Å². The average Bonchev–Trinajstić information content (AvgIpc) is 2.29. The molecule has 0 bridgehead atoms. The van der Waals surface area contributed by atoms with Crippen LogP contribution in [-0.4, -0.2) is 18.1 Å². The predicted octanol–water partition coefficient (Wildman–Crippen LogP) is 2.77. The van der Waals surface area contributed by atoms with Crippen LogP contribution < -0.4 is 0 Å². The maximum absolute atomic E-state index is 13.5. The normalized spacial score (nSPS) is 10.4. The van der Waals surface area contributed by atoms with Gasteiger partial charge in [-0.25, -0.2) is 9.18 Å². The molecule has 0 N–H and O–H groups in total. The van der Waals surface area contributed by atoms with Crippen molar-refractivity contribution in [1.29, 1.82) is 0 Å². The zero-order chi connectivity index (χ0) is 11.7. The molecule has 0 aliphatic heterocycles. The number of fused-ring (bicyclic) bond motifs is 1. The number of methoxy groups -OCH3 is 1. The maximum Gasteiger partial charge on any atom is 0.340 e. The van der Waals surface area contributed by atoms with Crippen LogP contribution in [-0.2, 0) is 4.74 Å². The summed E-state index contributed by atoms with van der Waals surface area (Å²) in [7, 11) is 1.28. The van der Waals surface area contributed by atoms with Gasteiger partial charge in [0.25, 0.3) is 0 Å². The van der Waals surface area contributed by atoms with Crippen molar-refractivity contribution in [3.05, 3.63) is 39.3 Å². The van der Waals surface area contributed by atoms with Gasteiger partial charge in [-0.1, -0.05) is 0 Å². The molecule has 2 rings (SSSR count). The van der Waals surface area contributed by atoms with Crippen LogP contribution in [0.15, 0.2) is 24.4 Å². The van der Waals surface area contributed by atoms with Crippen molar-refractivity contribution in [2.24, 2.45) is 0 Å². The van der Waals surface area contributed by atoms with Gasteiger partial charge in [0.05, 0.1) is 18.2 Å². The highest BCUT2D eigenvalue weighted by atomic mass is 127. The summed E-state index contributed by atoms with van der Waals surface area (Å²) in [4.78, 5) is 15.5.